The second kappa shape index (κ2) is 9.93. The number of hydrogen-bond acceptors (Lipinski definition) is 4. The Labute approximate surface area is 216 Å². The molecule has 1 aliphatic heterocycles. The first-order valence-electron chi connectivity index (χ1n) is 12.3. The van der Waals surface area contributed by atoms with Crippen LogP contribution in [-0.4, -0.2) is 39.1 Å². The van der Waals surface area contributed by atoms with Gasteiger partial charge in [-0.3, -0.25) is 14.3 Å². The molecule has 2 heterocycles. The third-order valence-electron chi connectivity index (χ3n) is 6.93. The average Bonchev–Trinajstić information content (AvgIpc) is 3.35. The zero-order chi connectivity index (χ0) is 26.0. The topological polar surface area (TPSA) is 76.5 Å². The number of amides is 2. The maximum Gasteiger partial charge on any atom is 0.273 e. The Morgan fingerprint density at radius 2 is 1.70 bits per heavy atom. The molecule has 1 aliphatic rings. The van der Waals surface area contributed by atoms with Crippen LogP contribution in [-0.2, 0) is 24.4 Å². The van der Waals surface area contributed by atoms with Crippen LogP contribution in [0.2, 0.25) is 0 Å². The number of hydrogen-bond donors (Lipinski definition) is 1. The fraction of sp³-hybridized carbons (Fsp3) is 0.233. The first-order chi connectivity index (χ1) is 17.9. The largest absolute Gasteiger partial charge is 0.497 e. The fourth-order valence-electron chi connectivity index (χ4n) is 4.64. The van der Waals surface area contributed by atoms with Crippen molar-refractivity contribution in [1.82, 2.24) is 20.0 Å². The van der Waals surface area contributed by atoms with Crippen molar-refractivity contribution in [3.63, 3.8) is 0 Å². The molecule has 4 aromatic rings. The number of aryl methyl sites for hydroxylation is 1. The van der Waals surface area contributed by atoms with Gasteiger partial charge in [0.1, 0.15) is 17.0 Å². The van der Waals surface area contributed by atoms with E-state index in [2.05, 4.69) is 5.32 Å². The van der Waals surface area contributed by atoms with Crippen molar-refractivity contribution >= 4 is 11.8 Å². The van der Waals surface area contributed by atoms with E-state index in [1.54, 1.807) is 22.8 Å². The van der Waals surface area contributed by atoms with E-state index < -0.39 is 5.54 Å². The van der Waals surface area contributed by atoms with Crippen molar-refractivity contribution in [2.45, 2.75) is 39.0 Å². The number of aromatic nitrogens is 2. The van der Waals surface area contributed by atoms with Crippen LogP contribution in [0.4, 0.5) is 0 Å². The summed E-state index contributed by atoms with van der Waals surface area (Å²) in [6.07, 6.45) is 0. The Bertz CT molecular complexity index is 1410. The molecule has 7 heteroatoms. The van der Waals surface area contributed by atoms with Crippen molar-refractivity contribution in [3.05, 3.63) is 107 Å². The van der Waals surface area contributed by atoms with E-state index in [0.29, 0.717) is 24.5 Å². The number of fused-ring (bicyclic) bond motifs is 1. The molecule has 1 N–H and O–H groups in total. The molecule has 7 nitrogen and oxygen atoms in total. The molecular weight excluding hydrogens is 464 g/mol. The summed E-state index contributed by atoms with van der Waals surface area (Å²) < 4.78 is 6.92. The number of carbonyl (C=O) groups is 2. The number of rotatable bonds is 7. The summed E-state index contributed by atoms with van der Waals surface area (Å²) in [6, 6.07) is 27.1. The third kappa shape index (κ3) is 4.85. The van der Waals surface area contributed by atoms with Crippen molar-refractivity contribution in [2.24, 2.45) is 0 Å². The molecule has 5 rings (SSSR count). The van der Waals surface area contributed by atoms with E-state index in [4.69, 9.17) is 9.84 Å². The Morgan fingerprint density at radius 1 is 1.00 bits per heavy atom. The number of benzene rings is 3. The molecule has 0 radical (unpaired) electrons. The van der Waals surface area contributed by atoms with Crippen LogP contribution in [0.1, 0.15) is 34.1 Å². The van der Waals surface area contributed by atoms with Crippen LogP contribution in [0.15, 0.2) is 84.9 Å². The van der Waals surface area contributed by atoms with Crippen molar-refractivity contribution in [2.75, 3.05) is 7.11 Å². The Kier molecular flexibility index (Phi) is 6.53. The monoisotopic (exact) mass is 494 g/mol. The zero-order valence-corrected chi connectivity index (χ0v) is 21.3. The summed E-state index contributed by atoms with van der Waals surface area (Å²) in [4.78, 5) is 29.3. The quantitative estimate of drug-likeness (QED) is 0.408. The van der Waals surface area contributed by atoms with Gasteiger partial charge in [0.2, 0.25) is 5.91 Å². The van der Waals surface area contributed by atoms with Gasteiger partial charge in [-0.05, 0) is 55.3 Å². The lowest BCUT2D eigenvalue weighted by atomic mass is 9.93. The number of nitrogens with one attached hydrogen (secondary N) is 1. The summed E-state index contributed by atoms with van der Waals surface area (Å²) in [6.45, 7) is 4.78. The van der Waals surface area contributed by atoms with Gasteiger partial charge in [0.15, 0.2) is 0 Å². The SMILES string of the molecule is COc1ccc(-c2cc3n(n2)CC(C)(C(=O)NCc2ccccc2)N(Cc2ccc(C)cc2)C3=O)cc1. The first kappa shape index (κ1) is 24.3. The van der Waals surface area contributed by atoms with Gasteiger partial charge >= 0.3 is 0 Å². The highest BCUT2D eigenvalue weighted by atomic mass is 16.5. The lowest BCUT2D eigenvalue weighted by Crippen LogP contribution is -2.63. The molecule has 188 valence electrons. The van der Waals surface area contributed by atoms with E-state index in [1.807, 2.05) is 92.7 Å². The highest BCUT2D eigenvalue weighted by molar-refractivity contribution is 6.00. The Hall–Kier alpha value is -4.39. The van der Waals surface area contributed by atoms with E-state index in [9.17, 15) is 9.59 Å². The molecule has 0 saturated carbocycles. The van der Waals surface area contributed by atoms with Crippen LogP contribution in [0, 0.1) is 6.92 Å². The third-order valence-corrected chi connectivity index (χ3v) is 6.93. The highest BCUT2D eigenvalue weighted by Gasteiger charge is 2.48. The lowest BCUT2D eigenvalue weighted by molar-refractivity contribution is -0.133. The molecular formula is C30H30N4O3. The lowest BCUT2D eigenvalue weighted by Gasteiger charge is -2.43. The fourth-order valence-corrected chi connectivity index (χ4v) is 4.64. The second-order valence-electron chi connectivity index (χ2n) is 9.62. The second-order valence-corrected chi connectivity index (χ2v) is 9.62. The van der Waals surface area contributed by atoms with Crippen LogP contribution in [0.25, 0.3) is 11.3 Å². The molecule has 3 aromatic carbocycles. The van der Waals surface area contributed by atoms with Crippen molar-refractivity contribution < 1.29 is 14.3 Å². The molecule has 2 amide bonds. The van der Waals surface area contributed by atoms with Gasteiger partial charge in [-0.15, -0.1) is 0 Å². The minimum absolute atomic E-state index is 0.219. The van der Waals surface area contributed by atoms with Crippen LogP contribution in [0.5, 0.6) is 5.75 Å². The Morgan fingerprint density at radius 3 is 2.38 bits per heavy atom. The summed E-state index contributed by atoms with van der Waals surface area (Å²) >= 11 is 0. The summed E-state index contributed by atoms with van der Waals surface area (Å²) in [5.41, 5.74) is 3.97. The summed E-state index contributed by atoms with van der Waals surface area (Å²) in [7, 11) is 1.62. The normalized spacial score (nSPS) is 16.8. The number of carbonyl (C=O) groups excluding carboxylic acids is 2. The van der Waals surface area contributed by atoms with Gasteiger partial charge in [-0.1, -0.05) is 60.2 Å². The van der Waals surface area contributed by atoms with Crippen LogP contribution in [0.3, 0.4) is 0 Å². The van der Waals surface area contributed by atoms with Gasteiger partial charge in [0.05, 0.1) is 19.3 Å². The molecule has 0 spiro atoms. The van der Waals surface area contributed by atoms with E-state index >= 15 is 0 Å². The van der Waals surface area contributed by atoms with Gasteiger partial charge in [-0.2, -0.15) is 5.10 Å². The predicted molar refractivity (Wildman–Crippen MR) is 142 cm³/mol. The standard InChI is InChI=1S/C30H30N4O3/c1-21-9-11-23(12-10-21)19-33-28(35)27-17-26(24-13-15-25(37-3)16-14-24)32-34(27)20-30(33,2)29(36)31-18-22-7-5-4-6-8-22/h4-17H,18-20H2,1-3H3,(H,31,36). The molecule has 0 saturated heterocycles. The van der Waals surface area contributed by atoms with Crippen LogP contribution < -0.4 is 10.1 Å². The number of nitrogens with zero attached hydrogens (tertiary/aromatic N) is 3. The van der Waals surface area contributed by atoms with Gasteiger partial charge in [-0.25, -0.2) is 0 Å². The number of methoxy groups -OCH3 is 1. The predicted octanol–water partition coefficient (Wildman–Crippen LogP) is 4.60. The highest BCUT2D eigenvalue weighted by Crippen LogP contribution is 2.32. The van der Waals surface area contributed by atoms with E-state index in [0.717, 1.165) is 28.0 Å². The van der Waals surface area contributed by atoms with E-state index in [1.165, 1.54) is 0 Å². The molecule has 0 bridgehead atoms. The molecule has 0 aliphatic carbocycles. The van der Waals surface area contributed by atoms with Gasteiger partial charge < -0.3 is 15.0 Å². The summed E-state index contributed by atoms with van der Waals surface area (Å²) in [5.74, 6) is 0.302. The van der Waals surface area contributed by atoms with Crippen LogP contribution >= 0.6 is 0 Å². The molecule has 1 atom stereocenters. The summed E-state index contributed by atoms with van der Waals surface area (Å²) in [5, 5.41) is 7.77. The average molecular weight is 495 g/mol. The van der Waals surface area contributed by atoms with E-state index in [-0.39, 0.29) is 18.4 Å². The van der Waals surface area contributed by atoms with Crippen molar-refractivity contribution in [3.8, 4) is 17.0 Å². The van der Waals surface area contributed by atoms with Gasteiger partial charge in [0, 0.05) is 18.7 Å². The molecule has 1 aromatic heterocycles. The Balaban J connectivity index is 1.49. The molecule has 37 heavy (non-hydrogen) atoms. The number of ether oxygens (including phenoxy) is 1. The molecule has 1 unspecified atom stereocenters. The minimum atomic E-state index is -1.13. The maximum atomic E-state index is 13.9. The zero-order valence-electron chi connectivity index (χ0n) is 21.3. The maximum absolute atomic E-state index is 13.9. The van der Waals surface area contributed by atoms with Crippen molar-refractivity contribution in [1.29, 1.82) is 0 Å². The smallest absolute Gasteiger partial charge is 0.273 e. The molecule has 0 fully saturated rings. The van der Waals surface area contributed by atoms with Gasteiger partial charge in [0.25, 0.3) is 5.91 Å². The first-order valence-corrected chi connectivity index (χ1v) is 12.3. The minimum Gasteiger partial charge on any atom is -0.497 e.